The van der Waals surface area contributed by atoms with E-state index in [4.69, 9.17) is 4.42 Å². The van der Waals surface area contributed by atoms with Gasteiger partial charge in [0.2, 0.25) is 5.89 Å². The minimum Gasteiger partial charge on any atom is -0.508 e. The first kappa shape index (κ1) is 8.97. The van der Waals surface area contributed by atoms with Crippen molar-refractivity contribution in [2.24, 2.45) is 0 Å². The lowest BCUT2D eigenvalue weighted by Gasteiger charge is -1.94. The fourth-order valence-electron chi connectivity index (χ4n) is 1.54. The molecule has 0 bridgehead atoms. The van der Waals surface area contributed by atoms with Crippen LogP contribution in [-0.4, -0.2) is 10.1 Å². The van der Waals surface area contributed by atoms with Gasteiger partial charge in [0.15, 0.2) is 5.58 Å². The van der Waals surface area contributed by atoms with Gasteiger partial charge in [-0.3, -0.25) is 0 Å². The summed E-state index contributed by atoms with van der Waals surface area (Å²) in [5, 5.41) is 9.19. The van der Waals surface area contributed by atoms with E-state index in [-0.39, 0.29) is 5.75 Å². The number of nitrogens with zero attached hydrogens (tertiary/aromatic N) is 1. The lowest BCUT2D eigenvalue weighted by Crippen LogP contribution is -1.75. The zero-order valence-corrected chi connectivity index (χ0v) is 8.34. The van der Waals surface area contributed by atoms with Crippen molar-refractivity contribution in [3.63, 3.8) is 0 Å². The van der Waals surface area contributed by atoms with Crippen molar-refractivity contribution < 1.29 is 9.52 Å². The second-order valence-corrected chi connectivity index (χ2v) is 3.46. The van der Waals surface area contributed by atoms with E-state index in [1.54, 1.807) is 36.4 Å². The number of oxazole rings is 1. The van der Waals surface area contributed by atoms with Gasteiger partial charge in [-0.1, -0.05) is 6.07 Å². The minimum absolute atomic E-state index is 0.230. The predicted octanol–water partition coefficient (Wildman–Crippen LogP) is 3.00. The number of hydrogen-bond acceptors (Lipinski definition) is 3. The van der Waals surface area contributed by atoms with Gasteiger partial charge in [-0.15, -0.1) is 0 Å². The molecule has 0 aliphatic carbocycles. The molecule has 2 aromatic carbocycles. The Hall–Kier alpha value is -2.29. The van der Waals surface area contributed by atoms with E-state index in [2.05, 4.69) is 11.1 Å². The number of phenolic OH excluding ortho intramolecular Hbond substituents is 1. The van der Waals surface area contributed by atoms with Crippen LogP contribution in [-0.2, 0) is 0 Å². The smallest absolute Gasteiger partial charge is 0.227 e. The van der Waals surface area contributed by atoms with Crippen molar-refractivity contribution >= 4 is 11.1 Å². The summed E-state index contributed by atoms with van der Waals surface area (Å²) in [5.41, 5.74) is 2.36. The standard InChI is InChI=1S/C13H8NO2/c15-10-7-5-9(6-8-10)13-14-11-3-1-2-4-12(11)16-13/h2-8,15H. The van der Waals surface area contributed by atoms with Crippen LogP contribution in [0.3, 0.4) is 0 Å². The summed E-state index contributed by atoms with van der Waals surface area (Å²) in [6, 6.07) is 15.1. The van der Waals surface area contributed by atoms with E-state index in [1.807, 2.05) is 6.07 Å². The number of aromatic nitrogens is 1. The highest BCUT2D eigenvalue weighted by Crippen LogP contribution is 2.24. The Morgan fingerprint density at radius 1 is 1.12 bits per heavy atom. The molecule has 0 saturated carbocycles. The second kappa shape index (κ2) is 3.38. The average Bonchev–Trinajstić information content (AvgIpc) is 2.73. The number of hydrogen-bond donors (Lipinski definition) is 1. The molecule has 1 radical (unpaired) electrons. The van der Waals surface area contributed by atoms with Crippen molar-refractivity contribution in [3.8, 4) is 17.2 Å². The minimum atomic E-state index is 0.230. The van der Waals surface area contributed by atoms with Crippen molar-refractivity contribution in [2.75, 3.05) is 0 Å². The zero-order chi connectivity index (χ0) is 11.0. The number of phenols is 1. The largest absolute Gasteiger partial charge is 0.508 e. The molecule has 77 valence electrons. The third-order valence-corrected chi connectivity index (χ3v) is 2.35. The van der Waals surface area contributed by atoms with E-state index >= 15 is 0 Å². The van der Waals surface area contributed by atoms with Crippen LogP contribution in [0.5, 0.6) is 5.75 Å². The van der Waals surface area contributed by atoms with Gasteiger partial charge in [0, 0.05) is 5.56 Å². The van der Waals surface area contributed by atoms with Gasteiger partial charge in [0.1, 0.15) is 11.3 Å². The van der Waals surface area contributed by atoms with Gasteiger partial charge in [-0.25, -0.2) is 4.98 Å². The monoisotopic (exact) mass is 210 g/mol. The highest BCUT2D eigenvalue weighted by molar-refractivity contribution is 5.75. The second-order valence-electron chi connectivity index (χ2n) is 3.46. The third kappa shape index (κ3) is 1.42. The summed E-state index contributed by atoms with van der Waals surface area (Å²) in [6.07, 6.45) is 0. The van der Waals surface area contributed by atoms with E-state index in [9.17, 15) is 5.11 Å². The summed E-state index contributed by atoms with van der Waals surface area (Å²) < 4.78 is 5.58. The molecular formula is C13H8NO2. The lowest BCUT2D eigenvalue weighted by atomic mass is 10.2. The van der Waals surface area contributed by atoms with Gasteiger partial charge >= 0.3 is 0 Å². The molecule has 3 aromatic rings. The van der Waals surface area contributed by atoms with Gasteiger partial charge in [0.05, 0.1) is 0 Å². The molecule has 3 nitrogen and oxygen atoms in total. The summed E-state index contributed by atoms with van der Waals surface area (Å²) in [7, 11) is 0. The molecule has 16 heavy (non-hydrogen) atoms. The number of rotatable bonds is 1. The summed E-state index contributed by atoms with van der Waals surface area (Å²) in [5.74, 6) is 0.780. The van der Waals surface area contributed by atoms with E-state index in [0.717, 1.165) is 16.7 Å². The molecule has 0 spiro atoms. The molecule has 0 saturated heterocycles. The lowest BCUT2D eigenvalue weighted by molar-refractivity contribution is 0.475. The van der Waals surface area contributed by atoms with Crippen molar-refractivity contribution in [1.29, 1.82) is 0 Å². The Labute approximate surface area is 92.0 Å². The van der Waals surface area contributed by atoms with Gasteiger partial charge in [0.25, 0.3) is 0 Å². The Morgan fingerprint density at radius 3 is 2.69 bits per heavy atom. The zero-order valence-electron chi connectivity index (χ0n) is 8.34. The van der Waals surface area contributed by atoms with Gasteiger partial charge < -0.3 is 9.52 Å². The molecular weight excluding hydrogens is 202 g/mol. The van der Waals surface area contributed by atoms with Crippen molar-refractivity contribution in [3.05, 3.63) is 48.5 Å². The van der Waals surface area contributed by atoms with E-state index in [0.29, 0.717) is 5.89 Å². The summed E-state index contributed by atoms with van der Waals surface area (Å²) >= 11 is 0. The predicted molar refractivity (Wildman–Crippen MR) is 59.9 cm³/mol. The van der Waals surface area contributed by atoms with Crippen molar-refractivity contribution in [2.45, 2.75) is 0 Å². The molecule has 1 aromatic heterocycles. The first-order chi connectivity index (χ1) is 7.83. The molecule has 1 N–H and O–H groups in total. The van der Waals surface area contributed by atoms with E-state index in [1.165, 1.54) is 0 Å². The molecule has 0 atom stereocenters. The maximum absolute atomic E-state index is 9.19. The van der Waals surface area contributed by atoms with Crippen LogP contribution in [0.25, 0.3) is 22.6 Å². The summed E-state index contributed by atoms with van der Waals surface area (Å²) in [4.78, 5) is 4.33. The Balaban J connectivity index is 2.15. The molecule has 0 fully saturated rings. The Morgan fingerprint density at radius 2 is 1.94 bits per heavy atom. The van der Waals surface area contributed by atoms with Crippen LogP contribution in [0.15, 0.2) is 46.9 Å². The summed E-state index contributed by atoms with van der Waals surface area (Å²) in [6.45, 7) is 0. The maximum atomic E-state index is 9.19. The Bertz CT molecular complexity index is 593. The number of fused-ring (bicyclic) bond motifs is 1. The topological polar surface area (TPSA) is 46.3 Å². The van der Waals surface area contributed by atoms with Gasteiger partial charge in [-0.05, 0) is 42.5 Å². The average molecular weight is 210 g/mol. The molecule has 3 rings (SSSR count). The quantitative estimate of drug-likeness (QED) is 0.671. The first-order valence-electron chi connectivity index (χ1n) is 4.89. The highest BCUT2D eigenvalue weighted by atomic mass is 16.3. The third-order valence-electron chi connectivity index (χ3n) is 2.35. The maximum Gasteiger partial charge on any atom is 0.227 e. The Kier molecular flexibility index (Phi) is 1.90. The molecule has 1 heterocycles. The van der Waals surface area contributed by atoms with Crippen LogP contribution in [0.4, 0.5) is 0 Å². The molecule has 0 amide bonds. The molecule has 3 heteroatoms. The van der Waals surface area contributed by atoms with Crippen LogP contribution in [0.2, 0.25) is 0 Å². The van der Waals surface area contributed by atoms with Crippen molar-refractivity contribution in [1.82, 2.24) is 4.98 Å². The fourth-order valence-corrected chi connectivity index (χ4v) is 1.54. The fraction of sp³-hybridized carbons (Fsp3) is 0. The van der Waals surface area contributed by atoms with Gasteiger partial charge in [-0.2, -0.15) is 0 Å². The molecule has 0 unspecified atom stereocenters. The normalized spacial score (nSPS) is 10.8. The SMILES string of the molecule is Oc1ccc(-c2nc3c[c]ccc3o2)cc1. The number of benzene rings is 2. The molecule has 0 aliphatic rings. The van der Waals surface area contributed by atoms with Crippen LogP contribution in [0.1, 0.15) is 0 Å². The van der Waals surface area contributed by atoms with Crippen LogP contribution >= 0.6 is 0 Å². The highest BCUT2D eigenvalue weighted by Gasteiger charge is 2.06. The molecule has 0 aliphatic heterocycles. The van der Waals surface area contributed by atoms with Crippen LogP contribution in [0, 0.1) is 6.07 Å². The van der Waals surface area contributed by atoms with Crippen LogP contribution < -0.4 is 0 Å². The van der Waals surface area contributed by atoms with E-state index < -0.39 is 0 Å². The first-order valence-corrected chi connectivity index (χ1v) is 4.89. The number of aromatic hydroxyl groups is 1.